The summed E-state index contributed by atoms with van der Waals surface area (Å²) in [6.07, 6.45) is 1.54. The Labute approximate surface area is 79.6 Å². The van der Waals surface area contributed by atoms with E-state index in [1.165, 1.54) is 6.20 Å². The molecule has 2 rings (SSSR count). The first-order valence-electron chi connectivity index (χ1n) is 3.68. The number of aromatic nitrogens is 3. The molecule has 0 N–H and O–H groups in total. The second-order valence-electron chi connectivity index (χ2n) is 2.49. The van der Waals surface area contributed by atoms with Gasteiger partial charge in [0.2, 0.25) is 5.89 Å². The van der Waals surface area contributed by atoms with Crippen molar-refractivity contribution >= 4 is 11.6 Å². The Hall–Kier alpha value is -1.42. The van der Waals surface area contributed by atoms with Gasteiger partial charge >= 0.3 is 0 Å². The van der Waals surface area contributed by atoms with E-state index in [0.29, 0.717) is 22.5 Å². The number of rotatable bonds is 1. The first-order chi connectivity index (χ1) is 6.25. The number of hydrogen-bond donors (Lipinski definition) is 0. The Morgan fingerprint density at radius 3 is 2.69 bits per heavy atom. The van der Waals surface area contributed by atoms with Crippen LogP contribution in [0, 0.1) is 6.92 Å². The van der Waals surface area contributed by atoms with Crippen molar-refractivity contribution in [1.29, 1.82) is 0 Å². The van der Waals surface area contributed by atoms with E-state index in [-0.39, 0.29) is 0 Å². The van der Waals surface area contributed by atoms with Crippen LogP contribution < -0.4 is 0 Å². The summed E-state index contributed by atoms with van der Waals surface area (Å²) in [5, 5.41) is 8.10. The third-order valence-electron chi connectivity index (χ3n) is 1.47. The maximum atomic E-state index is 5.68. The fourth-order valence-corrected chi connectivity index (χ4v) is 1.01. The molecule has 66 valence electrons. The molecule has 2 aromatic rings. The number of hydrogen-bond acceptors (Lipinski definition) is 4. The number of aryl methyl sites for hydroxylation is 1. The molecule has 0 fully saturated rings. The third kappa shape index (κ3) is 1.67. The minimum atomic E-state index is 0.411. The Morgan fingerprint density at radius 1 is 1.31 bits per heavy atom. The molecule has 0 unspecified atom stereocenters. The smallest absolute Gasteiger partial charge is 0.266 e. The van der Waals surface area contributed by atoms with Crippen LogP contribution in [0.3, 0.4) is 0 Å². The monoisotopic (exact) mass is 195 g/mol. The summed E-state index contributed by atoms with van der Waals surface area (Å²) in [7, 11) is 0. The molecule has 0 aromatic carbocycles. The van der Waals surface area contributed by atoms with Gasteiger partial charge in [-0.2, -0.15) is 0 Å². The lowest BCUT2D eigenvalue weighted by atomic mass is 10.3. The van der Waals surface area contributed by atoms with Crippen molar-refractivity contribution in [2.75, 3.05) is 0 Å². The molecule has 0 atom stereocenters. The highest BCUT2D eigenvalue weighted by Crippen LogP contribution is 2.16. The van der Waals surface area contributed by atoms with Crippen molar-refractivity contribution in [2.24, 2.45) is 0 Å². The van der Waals surface area contributed by atoms with E-state index >= 15 is 0 Å². The van der Waals surface area contributed by atoms with Crippen LogP contribution in [0.5, 0.6) is 0 Å². The normalized spacial score (nSPS) is 10.3. The van der Waals surface area contributed by atoms with Gasteiger partial charge < -0.3 is 4.42 Å². The highest BCUT2D eigenvalue weighted by atomic mass is 35.5. The van der Waals surface area contributed by atoms with Crippen LogP contribution in [0.4, 0.5) is 0 Å². The maximum Gasteiger partial charge on any atom is 0.266 e. The average Bonchev–Trinajstić information content (AvgIpc) is 2.53. The quantitative estimate of drug-likeness (QED) is 0.699. The predicted octanol–water partition coefficient (Wildman–Crippen LogP) is 2.09. The molecular weight excluding hydrogens is 190 g/mol. The van der Waals surface area contributed by atoms with E-state index in [1.807, 2.05) is 0 Å². The van der Waals surface area contributed by atoms with E-state index in [2.05, 4.69) is 15.2 Å². The summed E-state index contributed by atoms with van der Waals surface area (Å²) in [5.74, 6) is 0.931. The van der Waals surface area contributed by atoms with Gasteiger partial charge in [-0.15, -0.1) is 10.2 Å². The van der Waals surface area contributed by atoms with Crippen LogP contribution in [0.25, 0.3) is 11.6 Å². The summed E-state index contributed by atoms with van der Waals surface area (Å²) >= 11 is 5.68. The maximum absolute atomic E-state index is 5.68. The fraction of sp³-hybridized carbons (Fsp3) is 0.125. The molecule has 5 heteroatoms. The van der Waals surface area contributed by atoms with Crippen molar-refractivity contribution in [1.82, 2.24) is 15.2 Å². The van der Waals surface area contributed by atoms with Crippen molar-refractivity contribution in [2.45, 2.75) is 6.92 Å². The number of pyridine rings is 1. The van der Waals surface area contributed by atoms with Crippen LogP contribution in [0.15, 0.2) is 22.7 Å². The van der Waals surface area contributed by atoms with Crippen LogP contribution in [0.2, 0.25) is 5.02 Å². The summed E-state index contributed by atoms with van der Waals surface area (Å²) in [5.41, 5.74) is 0.630. The summed E-state index contributed by atoms with van der Waals surface area (Å²) in [4.78, 5) is 4.03. The molecule has 0 spiro atoms. The second kappa shape index (κ2) is 3.14. The lowest BCUT2D eigenvalue weighted by Gasteiger charge is -1.92. The second-order valence-corrected chi connectivity index (χ2v) is 2.92. The highest BCUT2D eigenvalue weighted by molar-refractivity contribution is 6.30. The van der Waals surface area contributed by atoms with E-state index in [0.717, 1.165) is 0 Å². The molecule has 2 heterocycles. The van der Waals surface area contributed by atoms with Crippen molar-refractivity contribution in [3.63, 3.8) is 0 Å². The van der Waals surface area contributed by atoms with Crippen molar-refractivity contribution in [3.05, 3.63) is 29.2 Å². The molecular formula is C8H6ClN3O. The van der Waals surface area contributed by atoms with Crippen LogP contribution in [-0.2, 0) is 0 Å². The Balaban J connectivity index is 2.41. The van der Waals surface area contributed by atoms with E-state index in [1.54, 1.807) is 19.1 Å². The minimum Gasteiger partial charge on any atom is -0.420 e. The molecule has 13 heavy (non-hydrogen) atoms. The molecule has 2 aromatic heterocycles. The molecule has 0 amide bonds. The van der Waals surface area contributed by atoms with Gasteiger partial charge in [-0.25, -0.2) is 4.98 Å². The molecule has 0 radical (unpaired) electrons. The minimum absolute atomic E-state index is 0.411. The summed E-state index contributed by atoms with van der Waals surface area (Å²) < 4.78 is 5.18. The predicted molar refractivity (Wildman–Crippen MR) is 47.3 cm³/mol. The zero-order valence-electron chi connectivity index (χ0n) is 6.86. The first-order valence-corrected chi connectivity index (χ1v) is 4.05. The zero-order chi connectivity index (χ0) is 9.26. The molecule has 4 nitrogen and oxygen atoms in total. The van der Waals surface area contributed by atoms with Gasteiger partial charge in [0.15, 0.2) is 0 Å². The first kappa shape index (κ1) is 8.19. The van der Waals surface area contributed by atoms with E-state index < -0.39 is 0 Å². The van der Waals surface area contributed by atoms with Gasteiger partial charge in [0.1, 0.15) is 5.69 Å². The Kier molecular flexibility index (Phi) is 1.98. The van der Waals surface area contributed by atoms with Crippen LogP contribution in [0.1, 0.15) is 5.89 Å². The lowest BCUT2D eigenvalue weighted by molar-refractivity contribution is 0.531. The van der Waals surface area contributed by atoms with Gasteiger partial charge in [-0.3, -0.25) is 0 Å². The largest absolute Gasteiger partial charge is 0.420 e. The molecule has 0 saturated carbocycles. The molecule has 0 aliphatic carbocycles. The standard InChI is InChI=1S/C8H6ClN3O/c1-5-11-12-8(13-5)7-3-2-6(9)4-10-7/h2-4H,1H3. The van der Waals surface area contributed by atoms with E-state index in [4.69, 9.17) is 16.0 Å². The molecule has 0 saturated heterocycles. The Bertz CT molecular complexity index is 410. The highest BCUT2D eigenvalue weighted by Gasteiger charge is 2.05. The Morgan fingerprint density at radius 2 is 2.15 bits per heavy atom. The fourth-order valence-electron chi connectivity index (χ4n) is 0.902. The van der Waals surface area contributed by atoms with Crippen molar-refractivity contribution in [3.8, 4) is 11.6 Å². The number of halogens is 1. The van der Waals surface area contributed by atoms with Crippen molar-refractivity contribution < 1.29 is 4.42 Å². The SMILES string of the molecule is Cc1nnc(-c2ccc(Cl)cn2)o1. The van der Waals surface area contributed by atoms with Gasteiger partial charge in [0.25, 0.3) is 5.89 Å². The van der Waals surface area contributed by atoms with E-state index in [9.17, 15) is 0 Å². The molecule has 0 bridgehead atoms. The lowest BCUT2D eigenvalue weighted by Crippen LogP contribution is -1.81. The number of nitrogens with zero attached hydrogens (tertiary/aromatic N) is 3. The van der Waals surface area contributed by atoms with Gasteiger partial charge in [0.05, 0.1) is 5.02 Å². The van der Waals surface area contributed by atoms with Gasteiger partial charge in [-0.05, 0) is 12.1 Å². The van der Waals surface area contributed by atoms with Gasteiger partial charge in [0, 0.05) is 13.1 Å². The zero-order valence-corrected chi connectivity index (χ0v) is 7.62. The average molecular weight is 196 g/mol. The van der Waals surface area contributed by atoms with Gasteiger partial charge in [-0.1, -0.05) is 11.6 Å². The van der Waals surface area contributed by atoms with Crippen LogP contribution in [-0.4, -0.2) is 15.2 Å². The van der Waals surface area contributed by atoms with Crippen LogP contribution >= 0.6 is 11.6 Å². The molecule has 0 aliphatic rings. The third-order valence-corrected chi connectivity index (χ3v) is 1.70. The molecule has 0 aliphatic heterocycles. The summed E-state index contributed by atoms with van der Waals surface area (Å²) in [6, 6.07) is 3.46. The summed E-state index contributed by atoms with van der Waals surface area (Å²) in [6.45, 7) is 1.73. The topological polar surface area (TPSA) is 51.8 Å².